The topological polar surface area (TPSA) is 73.9 Å². The van der Waals surface area contributed by atoms with Crippen LogP contribution in [0.2, 0.25) is 0 Å². The van der Waals surface area contributed by atoms with Crippen LogP contribution in [0, 0.1) is 0 Å². The normalized spacial score (nSPS) is 23.4. The van der Waals surface area contributed by atoms with Gasteiger partial charge in [0.15, 0.2) is 5.60 Å². The van der Waals surface area contributed by atoms with E-state index in [0.29, 0.717) is 26.1 Å². The summed E-state index contributed by atoms with van der Waals surface area (Å²) in [5.41, 5.74) is -2.27. The van der Waals surface area contributed by atoms with Gasteiger partial charge in [0, 0.05) is 32.8 Å². The Balaban J connectivity index is 1.80. The number of hydrogen-bond acceptors (Lipinski definition) is 3. The summed E-state index contributed by atoms with van der Waals surface area (Å²) < 4.78 is 43.2. The summed E-state index contributed by atoms with van der Waals surface area (Å²) in [7, 11) is 0.990. The molecule has 7 nitrogen and oxygen atoms in total. The van der Waals surface area contributed by atoms with Crippen molar-refractivity contribution in [2.24, 2.45) is 0 Å². The molecule has 2 aliphatic heterocycles. The van der Waals surface area contributed by atoms with E-state index >= 15 is 0 Å². The molecule has 132 valence electrons. The molecule has 0 bridgehead atoms. The number of rotatable bonds is 3. The molecule has 2 rings (SSSR count). The summed E-state index contributed by atoms with van der Waals surface area (Å²) in [6, 6.07) is -1.03. The molecule has 0 aromatic heterocycles. The van der Waals surface area contributed by atoms with Crippen molar-refractivity contribution in [1.82, 2.24) is 20.4 Å². The van der Waals surface area contributed by atoms with Crippen LogP contribution in [0.4, 0.5) is 22.8 Å². The predicted octanol–water partition coefficient (Wildman–Crippen LogP) is 0.763. The van der Waals surface area contributed by atoms with Gasteiger partial charge >= 0.3 is 18.2 Å². The van der Waals surface area contributed by atoms with Gasteiger partial charge in [0.25, 0.3) is 0 Å². The van der Waals surface area contributed by atoms with Crippen molar-refractivity contribution in [1.29, 1.82) is 0 Å². The number of urea groups is 2. The highest BCUT2D eigenvalue weighted by Gasteiger charge is 2.63. The Kier molecular flexibility index (Phi) is 4.92. The minimum atomic E-state index is -4.51. The molecule has 2 aliphatic rings. The summed E-state index contributed by atoms with van der Waals surface area (Å²) in [5, 5.41) is 5.33. The lowest BCUT2D eigenvalue weighted by molar-refractivity contribution is -0.303. The number of halogens is 3. The van der Waals surface area contributed by atoms with Gasteiger partial charge in [0.1, 0.15) is 0 Å². The van der Waals surface area contributed by atoms with E-state index < -0.39 is 30.9 Å². The Bertz CT molecular complexity index is 466. The first-order chi connectivity index (χ1) is 10.7. The molecule has 0 radical (unpaired) electrons. The Morgan fingerprint density at radius 1 is 1.26 bits per heavy atom. The van der Waals surface area contributed by atoms with Crippen LogP contribution < -0.4 is 10.6 Å². The van der Waals surface area contributed by atoms with E-state index in [1.54, 1.807) is 11.8 Å². The molecule has 1 unspecified atom stereocenters. The van der Waals surface area contributed by atoms with Crippen molar-refractivity contribution in [3.8, 4) is 0 Å². The van der Waals surface area contributed by atoms with Gasteiger partial charge in [-0.15, -0.1) is 0 Å². The zero-order valence-electron chi connectivity index (χ0n) is 13.1. The number of carbonyl (C=O) groups excluding carboxylic acids is 2. The van der Waals surface area contributed by atoms with Crippen molar-refractivity contribution in [3.63, 3.8) is 0 Å². The number of amides is 4. The molecule has 2 heterocycles. The molecular weight excluding hydrogens is 317 g/mol. The van der Waals surface area contributed by atoms with Crippen molar-refractivity contribution < 1.29 is 27.5 Å². The van der Waals surface area contributed by atoms with E-state index in [9.17, 15) is 22.8 Å². The van der Waals surface area contributed by atoms with E-state index in [-0.39, 0.29) is 12.1 Å². The predicted molar refractivity (Wildman–Crippen MR) is 75.0 cm³/mol. The zero-order chi connectivity index (χ0) is 17.3. The Morgan fingerprint density at radius 2 is 1.91 bits per heavy atom. The van der Waals surface area contributed by atoms with Crippen LogP contribution in [-0.4, -0.2) is 79.5 Å². The lowest BCUT2D eigenvalue weighted by Crippen LogP contribution is -2.72. The molecule has 0 aromatic rings. The SMILES string of the molecule is CCNC(=O)N1CCC(NC(=O)N2CC(OC)(C(F)(F)F)C2)C1. The summed E-state index contributed by atoms with van der Waals surface area (Å²) in [6.45, 7) is 2.12. The highest BCUT2D eigenvalue weighted by atomic mass is 19.4. The van der Waals surface area contributed by atoms with Crippen LogP contribution in [-0.2, 0) is 4.74 Å². The zero-order valence-corrected chi connectivity index (χ0v) is 13.1. The molecule has 0 saturated carbocycles. The van der Waals surface area contributed by atoms with E-state index in [4.69, 9.17) is 0 Å². The van der Waals surface area contributed by atoms with Crippen LogP contribution in [0.25, 0.3) is 0 Å². The van der Waals surface area contributed by atoms with Crippen molar-refractivity contribution in [2.75, 3.05) is 39.8 Å². The summed E-state index contributed by atoms with van der Waals surface area (Å²) >= 11 is 0. The van der Waals surface area contributed by atoms with Crippen molar-refractivity contribution in [3.05, 3.63) is 0 Å². The number of alkyl halides is 3. The number of ether oxygens (including phenoxy) is 1. The highest BCUT2D eigenvalue weighted by molar-refractivity contribution is 5.77. The average Bonchev–Trinajstić information content (AvgIpc) is 2.85. The van der Waals surface area contributed by atoms with Gasteiger partial charge in [-0.05, 0) is 13.3 Å². The van der Waals surface area contributed by atoms with Crippen molar-refractivity contribution >= 4 is 12.1 Å². The lowest BCUT2D eigenvalue weighted by Gasteiger charge is -2.49. The molecule has 2 saturated heterocycles. The van der Waals surface area contributed by atoms with E-state index in [1.165, 1.54) is 0 Å². The standard InChI is InChI=1S/C13H21F3N4O3/c1-3-17-10(21)19-5-4-9(6-19)18-11(22)20-7-12(8-20,23-2)13(14,15)16/h9H,3-8H2,1-2H3,(H,17,21)(H,18,22). The number of nitrogens with one attached hydrogen (secondary N) is 2. The van der Waals surface area contributed by atoms with Gasteiger partial charge in [0.2, 0.25) is 0 Å². The Labute approximate surface area is 132 Å². The first kappa shape index (κ1) is 17.6. The fourth-order valence-corrected chi connectivity index (χ4v) is 2.73. The van der Waals surface area contributed by atoms with Gasteiger partial charge in [-0.1, -0.05) is 0 Å². The highest BCUT2D eigenvalue weighted by Crippen LogP contribution is 2.40. The molecule has 4 amide bonds. The third kappa shape index (κ3) is 3.46. The molecule has 0 spiro atoms. The maximum atomic E-state index is 12.9. The fraction of sp³-hybridized carbons (Fsp3) is 0.846. The molecule has 1 atom stereocenters. The summed E-state index contributed by atoms with van der Waals surface area (Å²) in [5.74, 6) is 0. The monoisotopic (exact) mass is 338 g/mol. The van der Waals surface area contributed by atoms with Crippen LogP contribution in [0.1, 0.15) is 13.3 Å². The average molecular weight is 338 g/mol. The summed E-state index contributed by atoms with van der Waals surface area (Å²) in [6.07, 6.45) is -3.94. The van der Waals surface area contributed by atoms with Crippen LogP contribution in [0.5, 0.6) is 0 Å². The quantitative estimate of drug-likeness (QED) is 0.798. The first-order valence-corrected chi connectivity index (χ1v) is 7.42. The van der Waals surface area contributed by atoms with Crippen molar-refractivity contribution in [2.45, 2.75) is 31.2 Å². The Hall–Kier alpha value is -1.71. The third-order valence-corrected chi connectivity index (χ3v) is 4.22. The van der Waals surface area contributed by atoms with E-state index in [1.807, 2.05) is 0 Å². The Morgan fingerprint density at radius 3 is 2.43 bits per heavy atom. The van der Waals surface area contributed by atoms with Gasteiger partial charge in [-0.25, -0.2) is 9.59 Å². The molecule has 23 heavy (non-hydrogen) atoms. The third-order valence-electron chi connectivity index (χ3n) is 4.22. The molecule has 0 aromatic carbocycles. The minimum Gasteiger partial charge on any atom is -0.365 e. The van der Waals surface area contributed by atoms with Gasteiger partial charge < -0.3 is 25.2 Å². The maximum absolute atomic E-state index is 12.9. The van der Waals surface area contributed by atoms with Crippen LogP contribution in [0.15, 0.2) is 0 Å². The van der Waals surface area contributed by atoms with Crippen LogP contribution in [0.3, 0.4) is 0 Å². The number of nitrogens with zero attached hydrogens (tertiary/aromatic N) is 2. The van der Waals surface area contributed by atoms with Gasteiger partial charge in [-0.2, -0.15) is 13.2 Å². The number of methoxy groups -OCH3 is 1. The maximum Gasteiger partial charge on any atom is 0.420 e. The number of hydrogen-bond donors (Lipinski definition) is 2. The van der Waals surface area contributed by atoms with Gasteiger partial charge in [-0.3, -0.25) is 0 Å². The van der Waals surface area contributed by atoms with E-state index in [0.717, 1.165) is 12.0 Å². The summed E-state index contributed by atoms with van der Waals surface area (Å²) in [4.78, 5) is 26.3. The number of carbonyl (C=O) groups is 2. The van der Waals surface area contributed by atoms with Crippen LogP contribution >= 0.6 is 0 Å². The lowest BCUT2D eigenvalue weighted by atomic mass is 9.93. The minimum absolute atomic E-state index is 0.205. The second-order valence-corrected chi connectivity index (χ2v) is 5.77. The van der Waals surface area contributed by atoms with E-state index in [2.05, 4.69) is 15.4 Å². The molecule has 10 heteroatoms. The molecule has 2 N–H and O–H groups in total. The number of likely N-dealkylation sites (tertiary alicyclic amines) is 2. The fourth-order valence-electron chi connectivity index (χ4n) is 2.73. The second kappa shape index (κ2) is 6.42. The first-order valence-electron chi connectivity index (χ1n) is 7.42. The molecule has 0 aliphatic carbocycles. The molecule has 2 fully saturated rings. The second-order valence-electron chi connectivity index (χ2n) is 5.77. The largest absolute Gasteiger partial charge is 0.420 e. The van der Waals surface area contributed by atoms with Gasteiger partial charge in [0.05, 0.1) is 13.1 Å². The molecular formula is C13H21F3N4O3. The smallest absolute Gasteiger partial charge is 0.365 e.